The molecule has 1 atom stereocenters. The van der Waals surface area contributed by atoms with Crippen molar-refractivity contribution >= 4 is 11.6 Å². The van der Waals surface area contributed by atoms with Crippen LogP contribution in [0.3, 0.4) is 0 Å². The van der Waals surface area contributed by atoms with Gasteiger partial charge < -0.3 is 0 Å². The Hall–Kier alpha value is -2.12. The van der Waals surface area contributed by atoms with Crippen molar-refractivity contribution < 1.29 is 4.57 Å². The summed E-state index contributed by atoms with van der Waals surface area (Å²) < 4.78 is 2.05. The fourth-order valence-corrected chi connectivity index (χ4v) is 3.00. The summed E-state index contributed by atoms with van der Waals surface area (Å²) in [5, 5.41) is 0. The van der Waals surface area contributed by atoms with E-state index < -0.39 is 0 Å². The first-order valence-electron chi connectivity index (χ1n) is 7.06. The average Bonchev–Trinajstić information content (AvgIpc) is 2.58. The van der Waals surface area contributed by atoms with Crippen LogP contribution >= 0.6 is 11.6 Å². The van der Waals surface area contributed by atoms with Crippen molar-refractivity contribution in [3.8, 4) is 0 Å². The molecule has 104 valence electrons. The van der Waals surface area contributed by atoms with Crippen LogP contribution in [0.2, 0.25) is 0 Å². The minimum absolute atomic E-state index is 0.112. The predicted octanol–water partition coefficient (Wildman–Crippen LogP) is 4.54. The maximum Gasteiger partial charge on any atom is 0.243 e. The molecule has 0 radical (unpaired) electrons. The third kappa shape index (κ3) is 3.14. The van der Waals surface area contributed by atoms with Crippen LogP contribution in [0.25, 0.3) is 0 Å². The first kappa shape index (κ1) is 13.8. The van der Waals surface area contributed by atoms with Crippen molar-refractivity contribution in [2.24, 2.45) is 0 Å². The molecule has 0 N–H and O–H groups in total. The summed E-state index contributed by atoms with van der Waals surface area (Å²) in [4.78, 5) is 0. The molecule has 0 spiro atoms. The molecule has 1 heterocycles. The lowest BCUT2D eigenvalue weighted by Crippen LogP contribution is -2.39. The van der Waals surface area contributed by atoms with E-state index in [1.165, 1.54) is 11.1 Å². The molecule has 1 nitrogen and oxygen atoms in total. The lowest BCUT2D eigenvalue weighted by Gasteiger charge is -2.19. The molecule has 0 bridgehead atoms. The van der Waals surface area contributed by atoms with Gasteiger partial charge in [-0.2, -0.15) is 4.57 Å². The van der Waals surface area contributed by atoms with Crippen molar-refractivity contribution in [1.29, 1.82) is 0 Å². The fourth-order valence-electron chi connectivity index (χ4n) is 2.58. The van der Waals surface area contributed by atoms with Crippen molar-refractivity contribution in [1.82, 2.24) is 0 Å². The van der Waals surface area contributed by atoms with E-state index in [2.05, 4.69) is 48.5 Å². The van der Waals surface area contributed by atoms with Crippen LogP contribution in [0.15, 0.2) is 91.3 Å². The monoisotopic (exact) mass is 294 g/mol. The van der Waals surface area contributed by atoms with Gasteiger partial charge in [-0.05, 0) is 22.7 Å². The number of hydrogen-bond acceptors (Lipinski definition) is 0. The molecule has 2 aromatic carbocycles. The van der Waals surface area contributed by atoms with Gasteiger partial charge in [0.05, 0.1) is 5.92 Å². The maximum absolute atomic E-state index is 6.80. The van der Waals surface area contributed by atoms with Gasteiger partial charge in [0.25, 0.3) is 0 Å². The number of hydrogen-bond donors (Lipinski definition) is 0. The number of nitrogens with zero attached hydrogens (tertiary/aromatic N) is 1. The molecule has 0 aliphatic carbocycles. The van der Waals surface area contributed by atoms with Crippen LogP contribution in [0, 0.1) is 0 Å². The molecule has 3 aromatic rings. The van der Waals surface area contributed by atoms with Gasteiger partial charge in [0, 0.05) is 12.1 Å². The molecule has 3 rings (SSSR count). The van der Waals surface area contributed by atoms with Crippen molar-refractivity contribution in [2.45, 2.75) is 11.4 Å². The lowest BCUT2D eigenvalue weighted by molar-refractivity contribution is -0.704. The number of alkyl halides is 1. The summed E-state index contributed by atoms with van der Waals surface area (Å²) >= 11 is 6.80. The number of halogens is 1. The van der Waals surface area contributed by atoms with E-state index in [0.717, 1.165) is 0 Å². The standard InChI is InChI=1S/C19H17ClN/c20-19(21-14-8-3-9-15-21)18(16-10-4-1-5-11-16)17-12-6-2-7-13-17/h1-15,18-19H/q+1. The second-order valence-corrected chi connectivity index (χ2v) is 5.44. The molecule has 0 amide bonds. The summed E-state index contributed by atoms with van der Waals surface area (Å²) in [6.07, 6.45) is 4.02. The Morgan fingerprint density at radius 2 is 1.05 bits per heavy atom. The van der Waals surface area contributed by atoms with E-state index in [0.29, 0.717) is 0 Å². The highest BCUT2D eigenvalue weighted by Gasteiger charge is 2.29. The highest BCUT2D eigenvalue weighted by atomic mass is 35.5. The lowest BCUT2D eigenvalue weighted by atomic mass is 9.91. The first-order valence-corrected chi connectivity index (χ1v) is 7.49. The third-order valence-electron chi connectivity index (χ3n) is 3.62. The van der Waals surface area contributed by atoms with Crippen molar-refractivity contribution in [3.63, 3.8) is 0 Å². The molecule has 1 unspecified atom stereocenters. The van der Waals surface area contributed by atoms with E-state index in [1.54, 1.807) is 0 Å². The molecule has 2 heteroatoms. The SMILES string of the molecule is ClC(C(c1ccccc1)c1ccccc1)[n+]1ccccc1. The second-order valence-electron chi connectivity index (χ2n) is 4.99. The smallest absolute Gasteiger partial charge is 0.187 e. The van der Waals surface area contributed by atoms with Gasteiger partial charge in [0.1, 0.15) is 0 Å². The minimum Gasteiger partial charge on any atom is -0.187 e. The van der Waals surface area contributed by atoms with Gasteiger partial charge >= 0.3 is 0 Å². The number of rotatable bonds is 4. The average molecular weight is 295 g/mol. The minimum atomic E-state index is -0.170. The topological polar surface area (TPSA) is 3.88 Å². The van der Waals surface area contributed by atoms with Gasteiger partial charge in [-0.1, -0.05) is 66.7 Å². The molecular formula is C19H17ClN+. The largest absolute Gasteiger partial charge is 0.243 e. The van der Waals surface area contributed by atoms with Crippen LogP contribution in [0.5, 0.6) is 0 Å². The zero-order valence-corrected chi connectivity index (χ0v) is 12.4. The van der Waals surface area contributed by atoms with Gasteiger partial charge in [-0.3, -0.25) is 0 Å². The van der Waals surface area contributed by atoms with Crippen molar-refractivity contribution in [2.75, 3.05) is 0 Å². The van der Waals surface area contributed by atoms with Crippen LogP contribution in [0.4, 0.5) is 0 Å². The molecule has 21 heavy (non-hydrogen) atoms. The van der Waals surface area contributed by atoms with Gasteiger partial charge in [0.2, 0.25) is 5.50 Å². The normalized spacial score (nSPS) is 12.3. The fraction of sp³-hybridized carbons (Fsp3) is 0.105. The number of pyridine rings is 1. The number of aromatic nitrogens is 1. The van der Waals surface area contributed by atoms with Crippen LogP contribution < -0.4 is 4.57 Å². The van der Waals surface area contributed by atoms with Gasteiger partial charge in [0.15, 0.2) is 12.4 Å². The van der Waals surface area contributed by atoms with Crippen LogP contribution in [0.1, 0.15) is 22.5 Å². The Kier molecular flexibility index (Phi) is 4.32. The summed E-state index contributed by atoms with van der Waals surface area (Å²) in [6, 6.07) is 26.9. The summed E-state index contributed by atoms with van der Waals surface area (Å²) in [5.74, 6) is 0.112. The summed E-state index contributed by atoms with van der Waals surface area (Å²) in [5.41, 5.74) is 2.27. The van der Waals surface area contributed by atoms with E-state index in [1.807, 2.05) is 47.3 Å². The number of benzene rings is 2. The molecular weight excluding hydrogens is 278 g/mol. The quantitative estimate of drug-likeness (QED) is 0.491. The Labute approximate surface area is 130 Å². The Balaban J connectivity index is 2.05. The van der Waals surface area contributed by atoms with Crippen molar-refractivity contribution in [3.05, 3.63) is 102 Å². The van der Waals surface area contributed by atoms with E-state index in [-0.39, 0.29) is 11.4 Å². The zero-order chi connectivity index (χ0) is 14.5. The molecule has 0 fully saturated rings. The molecule has 0 aliphatic heterocycles. The third-order valence-corrected chi connectivity index (χ3v) is 4.09. The summed E-state index contributed by atoms with van der Waals surface area (Å²) in [6.45, 7) is 0. The predicted molar refractivity (Wildman–Crippen MR) is 86.3 cm³/mol. The van der Waals surface area contributed by atoms with Crippen LogP contribution in [-0.4, -0.2) is 0 Å². The summed E-state index contributed by atoms with van der Waals surface area (Å²) in [7, 11) is 0. The van der Waals surface area contributed by atoms with E-state index >= 15 is 0 Å². The van der Waals surface area contributed by atoms with Crippen LogP contribution in [-0.2, 0) is 0 Å². The Morgan fingerprint density at radius 1 is 0.619 bits per heavy atom. The first-order chi connectivity index (χ1) is 10.4. The Morgan fingerprint density at radius 3 is 1.52 bits per heavy atom. The highest BCUT2D eigenvalue weighted by molar-refractivity contribution is 6.18. The van der Waals surface area contributed by atoms with Gasteiger partial charge in [-0.15, -0.1) is 0 Å². The molecule has 0 saturated carbocycles. The highest BCUT2D eigenvalue weighted by Crippen LogP contribution is 2.34. The van der Waals surface area contributed by atoms with Gasteiger partial charge in [-0.25, -0.2) is 0 Å². The van der Waals surface area contributed by atoms with E-state index in [9.17, 15) is 0 Å². The second kappa shape index (κ2) is 6.55. The van der Waals surface area contributed by atoms with E-state index in [4.69, 9.17) is 11.6 Å². The Bertz CT molecular complexity index is 628. The molecule has 0 aliphatic rings. The molecule has 1 aromatic heterocycles. The maximum atomic E-state index is 6.80. The zero-order valence-electron chi connectivity index (χ0n) is 11.6. The molecule has 0 saturated heterocycles.